The van der Waals surface area contributed by atoms with E-state index >= 15 is 0 Å². The van der Waals surface area contributed by atoms with E-state index in [1.807, 2.05) is 0 Å². The van der Waals surface area contributed by atoms with E-state index in [0.717, 1.165) is 0 Å². The average Bonchev–Trinajstić information content (AvgIpc) is 2.25. The number of carbonyl (C=O) groups excluding carboxylic acids is 1. The third-order valence-electron chi connectivity index (χ3n) is 2.66. The number of aliphatic hydroxyl groups excluding tert-OH is 1. The Morgan fingerprint density at radius 3 is 2.88 bits per heavy atom. The van der Waals surface area contributed by atoms with Gasteiger partial charge in [0.15, 0.2) is 6.61 Å². The number of hydrogen-bond donors (Lipinski definition) is 3. The lowest BCUT2D eigenvalue weighted by Crippen LogP contribution is -2.39. The molecular weight excluding hydrogens is 220 g/mol. The molecule has 0 radical (unpaired) electrons. The zero-order valence-corrected chi connectivity index (χ0v) is 9.86. The molecule has 0 aliphatic carbocycles. The molecule has 0 saturated heterocycles. The second-order valence-electron chi connectivity index (χ2n) is 4.82. The number of rotatable bonds is 2. The van der Waals surface area contributed by atoms with E-state index in [4.69, 9.17) is 10.5 Å². The first-order valence-corrected chi connectivity index (χ1v) is 5.41. The van der Waals surface area contributed by atoms with Gasteiger partial charge in [-0.2, -0.15) is 0 Å². The molecule has 92 valence electrons. The number of anilines is 1. The zero-order chi connectivity index (χ0) is 12.6. The highest BCUT2D eigenvalue weighted by molar-refractivity contribution is 5.95. The molecule has 0 aromatic heterocycles. The molecule has 1 atom stereocenters. The fraction of sp³-hybridized carbons (Fsp3) is 0.417. The molecule has 2 rings (SSSR count). The van der Waals surface area contributed by atoms with Gasteiger partial charge in [0.2, 0.25) is 0 Å². The molecule has 1 amide bonds. The third-order valence-corrected chi connectivity index (χ3v) is 2.66. The average molecular weight is 236 g/mol. The maximum Gasteiger partial charge on any atom is 0.262 e. The summed E-state index contributed by atoms with van der Waals surface area (Å²) in [6.45, 7) is 3.51. The van der Waals surface area contributed by atoms with Crippen molar-refractivity contribution in [3.05, 3.63) is 23.8 Å². The van der Waals surface area contributed by atoms with Gasteiger partial charge >= 0.3 is 0 Å². The van der Waals surface area contributed by atoms with Crippen molar-refractivity contribution in [2.24, 2.45) is 5.73 Å². The number of nitrogens with two attached hydrogens (primary N) is 1. The Hall–Kier alpha value is -1.59. The highest BCUT2D eigenvalue weighted by Crippen LogP contribution is 2.32. The minimum atomic E-state index is -0.799. The van der Waals surface area contributed by atoms with Crippen molar-refractivity contribution in [3.8, 4) is 5.75 Å². The van der Waals surface area contributed by atoms with Crippen LogP contribution in [0.25, 0.3) is 0 Å². The van der Waals surface area contributed by atoms with E-state index in [9.17, 15) is 9.90 Å². The molecule has 1 aliphatic rings. The van der Waals surface area contributed by atoms with Crippen molar-refractivity contribution in [3.63, 3.8) is 0 Å². The van der Waals surface area contributed by atoms with Crippen LogP contribution in [0.3, 0.4) is 0 Å². The lowest BCUT2D eigenvalue weighted by molar-refractivity contribution is -0.118. The number of amides is 1. The zero-order valence-electron chi connectivity index (χ0n) is 9.86. The van der Waals surface area contributed by atoms with Gasteiger partial charge in [-0.1, -0.05) is 6.07 Å². The summed E-state index contributed by atoms with van der Waals surface area (Å²) in [5.74, 6) is 0.409. The van der Waals surface area contributed by atoms with Crippen molar-refractivity contribution in [2.45, 2.75) is 25.5 Å². The summed E-state index contributed by atoms with van der Waals surface area (Å²) in [7, 11) is 0. The van der Waals surface area contributed by atoms with Crippen LogP contribution in [0, 0.1) is 0 Å². The van der Waals surface area contributed by atoms with E-state index in [1.165, 1.54) is 0 Å². The molecule has 1 unspecified atom stereocenters. The predicted octanol–water partition coefficient (Wildman–Crippen LogP) is 0.788. The molecule has 0 fully saturated rings. The van der Waals surface area contributed by atoms with Gasteiger partial charge in [-0.15, -0.1) is 0 Å². The van der Waals surface area contributed by atoms with Crippen LogP contribution in [0.5, 0.6) is 5.75 Å². The maximum atomic E-state index is 11.2. The van der Waals surface area contributed by atoms with Crippen molar-refractivity contribution in [1.29, 1.82) is 0 Å². The number of aliphatic hydroxyl groups is 1. The summed E-state index contributed by atoms with van der Waals surface area (Å²) in [6, 6.07) is 5.15. The molecule has 1 aliphatic heterocycles. The molecular formula is C12H16N2O3. The van der Waals surface area contributed by atoms with E-state index < -0.39 is 11.6 Å². The largest absolute Gasteiger partial charge is 0.482 e. The number of ether oxygens (including phenoxy) is 1. The summed E-state index contributed by atoms with van der Waals surface area (Å²) in [5.41, 5.74) is 6.33. The normalized spacial score (nSPS) is 16.8. The molecule has 5 nitrogen and oxygen atoms in total. The number of fused-ring (bicyclic) bond motifs is 1. The monoisotopic (exact) mass is 236 g/mol. The van der Waals surface area contributed by atoms with Crippen LogP contribution in [0.2, 0.25) is 0 Å². The number of benzene rings is 1. The van der Waals surface area contributed by atoms with Gasteiger partial charge < -0.3 is 20.9 Å². The van der Waals surface area contributed by atoms with Gasteiger partial charge in [-0.3, -0.25) is 4.79 Å². The van der Waals surface area contributed by atoms with Gasteiger partial charge in [0, 0.05) is 5.54 Å². The summed E-state index contributed by atoms with van der Waals surface area (Å²) in [4.78, 5) is 11.2. The van der Waals surface area contributed by atoms with E-state index in [2.05, 4.69) is 5.32 Å². The van der Waals surface area contributed by atoms with E-state index in [-0.39, 0.29) is 12.5 Å². The van der Waals surface area contributed by atoms with E-state index in [0.29, 0.717) is 17.0 Å². The Morgan fingerprint density at radius 2 is 2.24 bits per heavy atom. The Labute approximate surface area is 99.6 Å². The Morgan fingerprint density at radius 1 is 1.53 bits per heavy atom. The van der Waals surface area contributed by atoms with Crippen molar-refractivity contribution in [2.75, 3.05) is 11.9 Å². The van der Waals surface area contributed by atoms with Crippen LogP contribution in [-0.4, -0.2) is 23.2 Å². The number of hydrogen-bond acceptors (Lipinski definition) is 4. The minimum Gasteiger partial charge on any atom is -0.482 e. The van der Waals surface area contributed by atoms with Crippen LogP contribution < -0.4 is 15.8 Å². The minimum absolute atomic E-state index is 0.0251. The molecule has 1 aromatic rings. The summed E-state index contributed by atoms with van der Waals surface area (Å²) < 4.78 is 5.23. The van der Waals surface area contributed by atoms with Crippen LogP contribution in [0.1, 0.15) is 25.5 Å². The number of nitrogens with one attached hydrogen (secondary N) is 1. The predicted molar refractivity (Wildman–Crippen MR) is 63.8 cm³/mol. The van der Waals surface area contributed by atoms with Gasteiger partial charge in [0.25, 0.3) is 5.91 Å². The second-order valence-corrected chi connectivity index (χ2v) is 4.82. The molecule has 5 heteroatoms. The molecule has 17 heavy (non-hydrogen) atoms. The lowest BCUT2D eigenvalue weighted by Gasteiger charge is -2.27. The fourth-order valence-corrected chi connectivity index (χ4v) is 1.70. The van der Waals surface area contributed by atoms with Crippen molar-refractivity contribution in [1.82, 2.24) is 0 Å². The van der Waals surface area contributed by atoms with Crippen LogP contribution in [0.15, 0.2) is 18.2 Å². The third kappa shape index (κ3) is 2.40. The second kappa shape index (κ2) is 4.01. The molecule has 0 saturated carbocycles. The van der Waals surface area contributed by atoms with Crippen LogP contribution >= 0.6 is 0 Å². The molecule has 0 bridgehead atoms. The molecule has 1 aromatic carbocycles. The maximum absolute atomic E-state index is 11.2. The lowest BCUT2D eigenvalue weighted by atomic mass is 9.92. The first-order chi connectivity index (χ1) is 7.88. The fourth-order valence-electron chi connectivity index (χ4n) is 1.70. The van der Waals surface area contributed by atoms with Crippen LogP contribution in [-0.2, 0) is 4.79 Å². The van der Waals surface area contributed by atoms with Gasteiger partial charge in [0.1, 0.15) is 5.75 Å². The van der Waals surface area contributed by atoms with Crippen molar-refractivity contribution >= 4 is 11.6 Å². The first kappa shape index (κ1) is 11.9. The topological polar surface area (TPSA) is 84.6 Å². The SMILES string of the molecule is CC(C)(N)C(O)c1ccc2c(c1)NC(=O)CO2. The van der Waals surface area contributed by atoms with Gasteiger partial charge in [-0.05, 0) is 31.5 Å². The summed E-state index contributed by atoms with van der Waals surface area (Å²) >= 11 is 0. The Bertz CT molecular complexity index is 452. The molecule has 0 spiro atoms. The Kier molecular flexibility index (Phi) is 2.81. The van der Waals surface area contributed by atoms with Crippen molar-refractivity contribution < 1.29 is 14.6 Å². The highest BCUT2D eigenvalue weighted by Gasteiger charge is 2.26. The smallest absolute Gasteiger partial charge is 0.262 e. The summed E-state index contributed by atoms with van der Waals surface area (Å²) in [6.07, 6.45) is -0.799. The first-order valence-electron chi connectivity index (χ1n) is 5.41. The molecule has 4 N–H and O–H groups in total. The summed E-state index contributed by atoms with van der Waals surface area (Å²) in [5, 5.41) is 12.7. The van der Waals surface area contributed by atoms with E-state index in [1.54, 1.807) is 32.0 Å². The van der Waals surface area contributed by atoms with Gasteiger partial charge in [-0.25, -0.2) is 0 Å². The quantitative estimate of drug-likeness (QED) is 0.708. The number of carbonyl (C=O) groups is 1. The molecule has 1 heterocycles. The highest BCUT2D eigenvalue weighted by atomic mass is 16.5. The Balaban J connectivity index is 2.33. The van der Waals surface area contributed by atoms with Crippen LogP contribution in [0.4, 0.5) is 5.69 Å². The van der Waals surface area contributed by atoms with Gasteiger partial charge in [0.05, 0.1) is 11.8 Å². The standard InChI is InChI=1S/C12H16N2O3/c1-12(2,13)11(16)7-3-4-9-8(5-7)14-10(15)6-17-9/h3-5,11,16H,6,13H2,1-2H3,(H,14,15).